The quantitative estimate of drug-likeness (QED) is 0.340. The molecule has 2 N–H and O–H groups in total. The smallest absolute Gasteiger partial charge is 0.118 e. The Hall–Kier alpha value is -2.95. The van der Waals surface area contributed by atoms with Crippen LogP contribution in [0, 0.1) is 0 Å². The summed E-state index contributed by atoms with van der Waals surface area (Å²) in [5, 5.41) is 14.9. The number of phenols is 1. The first kappa shape index (κ1) is 21.3. The summed E-state index contributed by atoms with van der Waals surface area (Å²) in [7, 11) is 1.66. The molecule has 0 aliphatic heterocycles. The van der Waals surface area contributed by atoms with Crippen molar-refractivity contribution < 1.29 is 9.84 Å². The Morgan fingerprint density at radius 1 is 0.968 bits per heavy atom. The molecule has 3 aromatic carbocycles. The number of ether oxygens (including phenoxy) is 1. The lowest BCUT2D eigenvalue weighted by Gasteiger charge is -2.13. The highest BCUT2D eigenvalue weighted by atomic mass is 35.5. The topological polar surface area (TPSA) is 46.4 Å². The van der Waals surface area contributed by atoms with Crippen LogP contribution in [-0.2, 0) is 13.0 Å². The molecule has 0 fully saturated rings. The minimum atomic E-state index is 0.206. The molecule has 0 aliphatic rings. The molecule has 0 aliphatic carbocycles. The molecule has 0 unspecified atom stereocenters. The fourth-order valence-electron chi connectivity index (χ4n) is 3.90. The maximum atomic E-state index is 10.0. The summed E-state index contributed by atoms with van der Waals surface area (Å²) in [6, 6.07) is 22.0. The number of likely N-dealkylation sites (N-methyl/N-ethyl adjacent to an activating group) is 1. The number of hydrogen-bond acceptors (Lipinski definition) is 3. The van der Waals surface area contributed by atoms with E-state index in [1.54, 1.807) is 19.2 Å². The summed E-state index contributed by atoms with van der Waals surface area (Å²) in [6.07, 6.45) is 1.02. The van der Waals surface area contributed by atoms with Crippen LogP contribution in [0.15, 0.2) is 66.7 Å². The fourth-order valence-corrected chi connectivity index (χ4v) is 4.26. The zero-order chi connectivity index (χ0) is 21.8. The van der Waals surface area contributed by atoms with Gasteiger partial charge in [-0.3, -0.25) is 0 Å². The van der Waals surface area contributed by atoms with Gasteiger partial charge in [-0.2, -0.15) is 0 Å². The molecule has 5 heteroatoms. The summed E-state index contributed by atoms with van der Waals surface area (Å²) in [5.41, 5.74) is 5.44. The van der Waals surface area contributed by atoms with Crippen LogP contribution in [0.5, 0.6) is 11.5 Å². The minimum Gasteiger partial charge on any atom is -0.508 e. The fraction of sp³-hybridized carbons (Fsp3) is 0.231. The second-order valence-electron chi connectivity index (χ2n) is 7.60. The maximum absolute atomic E-state index is 10.0. The van der Waals surface area contributed by atoms with Gasteiger partial charge in [0.25, 0.3) is 0 Å². The van der Waals surface area contributed by atoms with E-state index < -0.39 is 0 Å². The molecule has 4 nitrogen and oxygen atoms in total. The van der Waals surface area contributed by atoms with Crippen molar-refractivity contribution in [1.29, 1.82) is 0 Å². The van der Waals surface area contributed by atoms with E-state index in [0.29, 0.717) is 11.6 Å². The van der Waals surface area contributed by atoms with Crippen molar-refractivity contribution in [3.8, 4) is 22.8 Å². The highest BCUT2D eigenvalue weighted by Crippen LogP contribution is 2.39. The summed E-state index contributed by atoms with van der Waals surface area (Å²) in [6.45, 7) is 4.78. The molecule has 0 bridgehead atoms. The number of nitrogens with zero attached hydrogens (tertiary/aromatic N) is 1. The lowest BCUT2D eigenvalue weighted by atomic mass is 10.1. The molecule has 0 amide bonds. The first-order valence-electron chi connectivity index (χ1n) is 10.5. The number of aromatic nitrogens is 1. The second kappa shape index (κ2) is 9.46. The van der Waals surface area contributed by atoms with Gasteiger partial charge >= 0.3 is 0 Å². The van der Waals surface area contributed by atoms with E-state index in [1.165, 1.54) is 11.1 Å². The van der Waals surface area contributed by atoms with Gasteiger partial charge in [0.2, 0.25) is 0 Å². The third kappa shape index (κ3) is 4.55. The van der Waals surface area contributed by atoms with Crippen molar-refractivity contribution in [2.75, 3.05) is 20.2 Å². The number of rotatable bonds is 8. The van der Waals surface area contributed by atoms with E-state index >= 15 is 0 Å². The van der Waals surface area contributed by atoms with Gasteiger partial charge < -0.3 is 19.7 Å². The molecule has 0 spiro atoms. The summed E-state index contributed by atoms with van der Waals surface area (Å²) < 4.78 is 7.52. The molecule has 0 radical (unpaired) electrons. The molecule has 0 saturated heterocycles. The van der Waals surface area contributed by atoms with E-state index in [0.717, 1.165) is 47.4 Å². The molecule has 0 saturated carbocycles. The number of methoxy groups -OCH3 is 1. The number of aromatic hydroxyl groups is 1. The predicted octanol–water partition coefficient (Wildman–Crippen LogP) is 5.88. The number of nitrogens with one attached hydrogen (secondary N) is 1. The van der Waals surface area contributed by atoms with Crippen molar-refractivity contribution in [2.45, 2.75) is 19.9 Å². The first-order valence-corrected chi connectivity index (χ1v) is 10.9. The third-order valence-corrected chi connectivity index (χ3v) is 5.94. The van der Waals surface area contributed by atoms with E-state index in [1.807, 2.05) is 30.3 Å². The van der Waals surface area contributed by atoms with Crippen molar-refractivity contribution in [2.24, 2.45) is 0 Å². The minimum absolute atomic E-state index is 0.206. The average Bonchev–Trinajstić information content (AvgIpc) is 3.06. The van der Waals surface area contributed by atoms with Crippen LogP contribution in [0.25, 0.3) is 22.2 Å². The van der Waals surface area contributed by atoms with Gasteiger partial charge in [-0.05, 0) is 78.7 Å². The van der Waals surface area contributed by atoms with Gasteiger partial charge in [0.15, 0.2) is 0 Å². The SMILES string of the molecule is CCNCCc1ccc(Cn2c(-c3ccc(OC)cc3)c(Cl)c3cc(O)ccc32)cc1. The highest BCUT2D eigenvalue weighted by molar-refractivity contribution is 6.38. The molecule has 4 aromatic rings. The summed E-state index contributed by atoms with van der Waals surface area (Å²) >= 11 is 6.83. The molecule has 0 atom stereocenters. The van der Waals surface area contributed by atoms with Gasteiger partial charge in [0.1, 0.15) is 11.5 Å². The standard InChI is InChI=1S/C26H27ClN2O2/c1-3-28-15-14-18-4-6-19(7-5-18)17-29-24-13-10-21(30)16-23(24)25(27)26(29)20-8-11-22(31-2)12-9-20/h4-13,16,28,30H,3,14-15,17H2,1-2H3. The van der Waals surface area contributed by atoms with E-state index in [9.17, 15) is 5.11 Å². The predicted molar refractivity (Wildman–Crippen MR) is 128 cm³/mol. The zero-order valence-corrected chi connectivity index (χ0v) is 18.6. The van der Waals surface area contributed by atoms with Crippen LogP contribution in [-0.4, -0.2) is 29.9 Å². The normalized spacial score (nSPS) is 11.2. The lowest BCUT2D eigenvalue weighted by Crippen LogP contribution is -2.16. The number of halogens is 1. The van der Waals surface area contributed by atoms with E-state index in [4.69, 9.17) is 16.3 Å². The van der Waals surface area contributed by atoms with Crippen molar-refractivity contribution in [1.82, 2.24) is 9.88 Å². The molecular weight excluding hydrogens is 408 g/mol. The van der Waals surface area contributed by atoms with Crippen LogP contribution < -0.4 is 10.1 Å². The van der Waals surface area contributed by atoms with Crippen LogP contribution in [0.3, 0.4) is 0 Å². The van der Waals surface area contributed by atoms with Crippen molar-refractivity contribution in [3.05, 3.63) is 82.9 Å². The summed E-state index contributed by atoms with van der Waals surface area (Å²) in [5.74, 6) is 1.01. The van der Waals surface area contributed by atoms with Gasteiger partial charge in [0.05, 0.1) is 23.3 Å². The Bertz CT molecular complexity index is 1160. The van der Waals surface area contributed by atoms with Crippen molar-refractivity contribution >= 4 is 22.5 Å². The van der Waals surface area contributed by atoms with E-state index in [-0.39, 0.29) is 5.75 Å². The first-order chi connectivity index (χ1) is 15.1. The van der Waals surface area contributed by atoms with Gasteiger partial charge in [-0.1, -0.05) is 42.8 Å². The van der Waals surface area contributed by atoms with Gasteiger partial charge in [-0.25, -0.2) is 0 Å². The second-order valence-corrected chi connectivity index (χ2v) is 7.98. The Balaban J connectivity index is 1.73. The number of phenolic OH excluding ortho intramolecular Hbond substituents is 1. The zero-order valence-electron chi connectivity index (χ0n) is 17.9. The summed E-state index contributed by atoms with van der Waals surface area (Å²) in [4.78, 5) is 0. The molecule has 1 aromatic heterocycles. The van der Waals surface area contributed by atoms with Crippen molar-refractivity contribution in [3.63, 3.8) is 0 Å². The average molecular weight is 435 g/mol. The van der Waals surface area contributed by atoms with Crippen LogP contribution in [0.4, 0.5) is 0 Å². The molecule has 4 rings (SSSR count). The highest BCUT2D eigenvalue weighted by Gasteiger charge is 2.18. The van der Waals surface area contributed by atoms with Gasteiger partial charge in [0, 0.05) is 11.9 Å². The third-order valence-electron chi connectivity index (χ3n) is 5.55. The maximum Gasteiger partial charge on any atom is 0.118 e. The number of benzene rings is 3. The Morgan fingerprint density at radius 2 is 1.68 bits per heavy atom. The lowest BCUT2D eigenvalue weighted by molar-refractivity contribution is 0.415. The largest absolute Gasteiger partial charge is 0.508 e. The molecule has 1 heterocycles. The Labute approximate surface area is 188 Å². The number of hydrogen-bond donors (Lipinski definition) is 2. The van der Waals surface area contributed by atoms with Crippen LogP contribution in [0.1, 0.15) is 18.1 Å². The number of fused-ring (bicyclic) bond motifs is 1. The Kier molecular flexibility index (Phi) is 6.50. The molecular formula is C26H27ClN2O2. The van der Waals surface area contributed by atoms with E-state index in [2.05, 4.69) is 41.1 Å². The van der Waals surface area contributed by atoms with Crippen LogP contribution in [0.2, 0.25) is 5.02 Å². The Morgan fingerprint density at radius 3 is 2.35 bits per heavy atom. The monoisotopic (exact) mass is 434 g/mol. The molecule has 160 valence electrons. The van der Waals surface area contributed by atoms with Crippen LogP contribution >= 0.6 is 11.6 Å². The molecule has 31 heavy (non-hydrogen) atoms. The van der Waals surface area contributed by atoms with Gasteiger partial charge in [-0.15, -0.1) is 0 Å².